The number of carbonyl (C=O) groups is 1. The number of hydrogen-bond donors (Lipinski definition) is 0. The molecule has 0 heterocycles. The Hall–Kier alpha value is -1.11. The van der Waals surface area contributed by atoms with Crippen LogP contribution in [0.3, 0.4) is 0 Å². The van der Waals surface area contributed by atoms with Crippen molar-refractivity contribution in [2.75, 3.05) is 0 Å². The summed E-state index contributed by atoms with van der Waals surface area (Å²) in [5, 5.41) is 0. The number of fused-ring (bicyclic) bond motifs is 1. The predicted octanol–water partition coefficient (Wildman–Crippen LogP) is 5.43. The lowest BCUT2D eigenvalue weighted by Gasteiger charge is -2.27. The Morgan fingerprint density at radius 2 is 1.62 bits per heavy atom. The Balaban J connectivity index is 1.64. The molecule has 0 N–H and O–H groups in total. The number of Topliss-reactive ketones (excluding diaryl/α,β-unsaturated/α-hetero) is 1. The quantitative estimate of drug-likeness (QED) is 0.723. The summed E-state index contributed by atoms with van der Waals surface area (Å²) in [5.74, 6) is 1.41. The number of benzene rings is 1. The molecule has 21 heavy (non-hydrogen) atoms. The van der Waals surface area contributed by atoms with E-state index in [9.17, 15) is 4.79 Å². The predicted molar refractivity (Wildman–Crippen MR) is 87.6 cm³/mol. The molecule has 0 spiro atoms. The van der Waals surface area contributed by atoms with Gasteiger partial charge in [-0.05, 0) is 49.1 Å². The van der Waals surface area contributed by atoms with Crippen molar-refractivity contribution in [3.05, 3.63) is 35.4 Å². The number of aryl methyl sites for hydroxylation is 1. The van der Waals surface area contributed by atoms with Crippen molar-refractivity contribution >= 4 is 5.78 Å². The Labute approximate surface area is 129 Å². The molecule has 1 fully saturated rings. The molecule has 1 aromatic rings. The second-order valence-electron chi connectivity index (χ2n) is 7.00. The summed E-state index contributed by atoms with van der Waals surface area (Å²) in [6, 6.07) is 8.78. The molecule has 2 aliphatic rings. The van der Waals surface area contributed by atoms with Crippen LogP contribution in [-0.2, 0) is 11.2 Å². The summed E-state index contributed by atoms with van der Waals surface area (Å²) >= 11 is 0. The fraction of sp³-hybridized carbons (Fsp3) is 0.650. The summed E-state index contributed by atoms with van der Waals surface area (Å²) in [7, 11) is 0. The Morgan fingerprint density at radius 1 is 0.905 bits per heavy atom. The number of rotatable bonds is 3. The van der Waals surface area contributed by atoms with Gasteiger partial charge >= 0.3 is 0 Å². The molecular formula is C20H28O. The molecule has 0 aromatic heterocycles. The molecule has 2 aliphatic carbocycles. The Morgan fingerprint density at radius 3 is 2.43 bits per heavy atom. The van der Waals surface area contributed by atoms with Crippen LogP contribution in [-0.4, -0.2) is 5.78 Å². The summed E-state index contributed by atoms with van der Waals surface area (Å²) < 4.78 is 0. The van der Waals surface area contributed by atoms with Crippen LogP contribution >= 0.6 is 0 Å². The highest BCUT2D eigenvalue weighted by atomic mass is 16.1. The van der Waals surface area contributed by atoms with Crippen molar-refractivity contribution < 1.29 is 4.79 Å². The molecule has 0 amide bonds. The van der Waals surface area contributed by atoms with Crippen LogP contribution in [0.15, 0.2) is 24.3 Å². The van der Waals surface area contributed by atoms with Gasteiger partial charge in [0.05, 0.1) is 0 Å². The van der Waals surface area contributed by atoms with Crippen molar-refractivity contribution in [2.24, 2.45) is 5.92 Å². The summed E-state index contributed by atoms with van der Waals surface area (Å²) in [6.45, 7) is 0. The zero-order valence-corrected chi connectivity index (χ0v) is 13.2. The van der Waals surface area contributed by atoms with E-state index < -0.39 is 0 Å². The number of hydrogen-bond acceptors (Lipinski definition) is 1. The average Bonchev–Trinajstić information content (AvgIpc) is 2.47. The van der Waals surface area contributed by atoms with E-state index >= 15 is 0 Å². The molecule has 114 valence electrons. The highest BCUT2D eigenvalue weighted by Crippen LogP contribution is 2.35. The lowest BCUT2D eigenvalue weighted by atomic mass is 9.77. The van der Waals surface area contributed by atoms with Crippen LogP contribution < -0.4 is 0 Å². The molecule has 1 unspecified atom stereocenters. The maximum atomic E-state index is 12.7. The van der Waals surface area contributed by atoms with E-state index in [-0.39, 0.29) is 0 Å². The van der Waals surface area contributed by atoms with Crippen molar-refractivity contribution in [3.8, 4) is 0 Å². The minimum absolute atomic E-state index is 0.361. The molecule has 0 saturated heterocycles. The first-order valence-electron chi connectivity index (χ1n) is 8.95. The smallest absolute Gasteiger partial charge is 0.136 e. The second kappa shape index (κ2) is 7.24. The third kappa shape index (κ3) is 3.75. The molecule has 1 saturated carbocycles. The third-order valence-electron chi connectivity index (χ3n) is 5.50. The third-order valence-corrected chi connectivity index (χ3v) is 5.50. The fourth-order valence-electron chi connectivity index (χ4n) is 4.25. The van der Waals surface area contributed by atoms with Gasteiger partial charge in [0.15, 0.2) is 0 Å². The minimum Gasteiger partial charge on any atom is -0.299 e. The average molecular weight is 284 g/mol. The SMILES string of the molecule is O=C(CC1CCCc2ccccc21)C1CCCCCCC1. The molecule has 0 radical (unpaired) electrons. The Kier molecular flexibility index (Phi) is 5.11. The molecule has 1 aromatic carbocycles. The van der Waals surface area contributed by atoms with Crippen LogP contribution in [0.1, 0.15) is 81.3 Å². The maximum Gasteiger partial charge on any atom is 0.136 e. The van der Waals surface area contributed by atoms with E-state index in [1.54, 1.807) is 0 Å². The minimum atomic E-state index is 0.361. The van der Waals surface area contributed by atoms with Crippen LogP contribution in [0.5, 0.6) is 0 Å². The van der Waals surface area contributed by atoms with Crippen molar-refractivity contribution in [1.82, 2.24) is 0 Å². The van der Waals surface area contributed by atoms with Gasteiger partial charge in [-0.2, -0.15) is 0 Å². The normalized spacial score (nSPS) is 23.9. The first-order chi connectivity index (χ1) is 10.3. The van der Waals surface area contributed by atoms with Gasteiger partial charge in [-0.3, -0.25) is 4.79 Å². The summed E-state index contributed by atoms with van der Waals surface area (Å²) in [5.41, 5.74) is 2.95. The Bertz CT molecular complexity index is 468. The summed E-state index contributed by atoms with van der Waals surface area (Å²) in [6.07, 6.45) is 13.3. The van der Waals surface area contributed by atoms with Crippen LogP contribution in [0.25, 0.3) is 0 Å². The lowest BCUT2D eigenvalue weighted by molar-refractivity contribution is -0.123. The lowest BCUT2D eigenvalue weighted by Crippen LogP contribution is -2.20. The number of ketones is 1. The molecule has 1 heteroatoms. The zero-order valence-electron chi connectivity index (χ0n) is 13.2. The number of carbonyl (C=O) groups excluding carboxylic acids is 1. The van der Waals surface area contributed by atoms with Crippen LogP contribution in [0.4, 0.5) is 0 Å². The van der Waals surface area contributed by atoms with Gasteiger partial charge in [0.25, 0.3) is 0 Å². The molecular weight excluding hydrogens is 256 g/mol. The van der Waals surface area contributed by atoms with Gasteiger partial charge in [0.2, 0.25) is 0 Å². The van der Waals surface area contributed by atoms with Gasteiger partial charge in [0, 0.05) is 12.3 Å². The monoisotopic (exact) mass is 284 g/mol. The first-order valence-corrected chi connectivity index (χ1v) is 8.95. The van der Waals surface area contributed by atoms with Crippen LogP contribution in [0.2, 0.25) is 0 Å². The van der Waals surface area contributed by atoms with E-state index in [1.165, 1.54) is 62.5 Å². The van der Waals surface area contributed by atoms with Crippen LogP contribution in [0, 0.1) is 5.92 Å². The second-order valence-corrected chi connectivity index (χ2v) is 7.00. The fourth-order valence-corrected chi connectivity index (χ4v) is 4.25. The van der Waals surface area contributed by atoms with Gasteiger partial charge in [-0.25, -0.2) is 0 Å². The van der Waals surface area contributed by atoms with E-state index in [0.717, 1.165) is 19.3 Å². The van der Waals surface area contributed by atoms with Gasteiger partial charge < -0.3 is 0 Å². The standard InChI is InChI=1S/C20H28O/c21-20(17-10-4-2-1-3-5-11-17)15-18-13-8-12-16-9-6-7-14-19(16)18/h6-7,9,14,17-18H,1-5,8,10-13,15H2. The van der Waals surface area contributed by atoms with Crippen molar-refractivity contribution in [1.29, 1.82) is 0 Å². The van der Waals surface area contributed by atoms with Crippen molar-refractivity contribution in [2.45, 2.75) is 76.5 Å². The molecule has 0 aliphatic heterocycles. The maximum absolute atomic E-state index is 12.7. The molecule has 3 rings (SSSR count). The van der Waals surface area contributed by atoms with Gasteiger partial charge in [-0.15, -0.1) is 0 Å². The zero-order chi connectivity index (χ0) is 14.5. The first kappa shape index (κ1) is 14.8. The molecule has 0 bridgehead atoms. The van der Waals surface area contributed by atoms with E-state index in [0.29, 0.717) is 17.6 Å². The van der Waals surface area contributed by atoms with E-state index in [2.05, 4.69) is 24.3 Å². The largest absolute Gasteiger partial charge is 0.299 e. The molecule has 1 atom stereocenters. The summed E-state index contributed by atoms with van der Waals surface area (Å²) in [4.78, 5) is 12.7. The topological polar surface area (TPSA) is 17.1 Å². The molecule has 1 nitrogen and oxygen atoms in total. The van der Waals surface area contributed by atoms with Crippen molar-refractivity contribution in [3.63, 3.8) is 0 Å². The highest BCUT2D eigenvalue weighted by molar-refractivity contribution is 5.82. The van der Waals surface area contributed by atoms with Gasteiger partial charge in [0.1, 0.15) is 5.78 Å². The van der Waals surface area contributed by atoms with Gasteiger partial charge in [-0.1, -0.05) is 56.4 Å². The van der Waals surface area contributed by atoms with E-state index in [4.69, 9.17) is 0 Å². The van der Waals surface area contributed by atoms with E-state index in [1.807, 2.05) is 0 Å². The highest BCUT2D eigenvalue weighted by Gasteiger charge is 2.26.